The van der Waals surface area contributed by atoms with Crippen LogP contribution in [0.1, 0.15) is 58.7 Å². The number of halogens is 12. The number of nitrogens with zero attached hydrogens (tertiary/aromatic N) is 2. The average molecular weight is 710 g/mol. The van der Waals surface area contributed by atoms with Crippen LogP contribution in [0.4, 0.5) is 52.7 Å². The number of fused-ring (bicyclic) bond motifs is 1. The van der Waals surface area contributed by atoms with Crippen LogP contribution in [-0.4, -0.2) is 64.5 Å². The first-order valence-corrected chi connectivity index (χ1v) is 14.3. The number of aliphatic carboxylic acids is 1. The Morgan fingerprint density at radius 3 is 2.08 bits per heavy atom. The number of carboxylic acids is 1. The predicted octanol–water partition coefficient (Wildman–Crippen LogP) is 5.82. The summed E-state index contributed by atoms with van der Waals surface area (Å²) in [5.41, 5.74) is -9.06. The lowest BCUT2D eigenvalue weighted by atomic mass is 9.76. The summed E-state index contributed by atoms with van der Waals surface area (Å²) >= 11 is 0. The van der Waals surface area contributed by atoms with E-state index in [-0.39, 0.29) is 40.2 Å². The molecule has 0 radical (unpaired) electrons. The molecule has 0 bridgehead atoms. The van der Waals surface area contributed by atoms with Gasteiger partial charge in [0.15, 0.2) is 0 Å². The molecule has 1 fully saturated rings. The maximum atomic E-state index is 14.2. The minimum absolute atomic E-state index is 0.0481. The number of amides is 1. The molecule has 48 heavy (non-hydrogen) atoms. The normalized spacial score (nSPS) is 19.6. The van der Waals surface area contributed by atoms with Gasteiger partial charge in [-0.25, -0.2) is 4.79 Å². The Hall–Kier alpha value is -3.77. The fourth-order valence-corrected chi connectivity index (χ4v) is 6.48. The van der Waals surface area contributed by atoms with Gasteiger partial charge in [-0.05, 0) is 61.5 Å². The lowest BCUT2D eigenvalue weighted by Crippen LogP contribution is -2.59. The summed E-state index contributed by atoms with van der Waals surface area (Å²) in [5.74, 6) is -4.95. The van der Waals surface area contributed by atoms with E-state index in [0.717, 1.165) is 0 Å². The molecule has 1 aromatic carbocycles. The number of nitrogens with one attached hydrogen (secondary N) is 1. The van der Waals surface area contributed by atoms with Gasteiger partial charge in [0.25, 0.3) is 5.56 Å². The quantitative estimate of drug-likeness (QED) is 0.354. The van der Waals surface area contributed by atoms with E-state index in [0.29, 0.717) is 11.9 Å². The van der Waals surface area contributed by atoms with E-state index >= 15 is 0 Å². The molecule has 2 aromatic rings. The fraction of sp³-hybridized carbons (Fsp3) is 0.552. The molecule has 2 N–H and O–H groups in total. The largest absolute Gasteiger partial charge is 0.480 e. The SMILES string of the molecule is Cn1c(C(F)(F)F)cc(C(F)(F)F)c([C@@H]2CCc3c(C[C@H](NC(=O)C4(C(F)(F)F)CCN(CC(F)(F)F)CC4)C(=O)O)cccc32)c1=O. The first kappa shape index (κ1) is 37.1. The van der Waals surface area contributed by atoms with Crippen LogP contribution in [0, 0.1) is 5.41 Å². The van der Waals surface area contributed by atoms with E-state index in [1.165, 1.54) is 18.2 Å². The highest BCUT2D eigenvalue weighted by Gasteiger charge is 2.61. The second-order valence-electron chi connectivity index (χ2n) is 11.8. The molecule has 19 heteroatoms. The van der Waals surface area contributed by atoms with Crippen LogP contribution >= 0.6 is 0 Å². The molecule has 7 nitrogen and oxygen atoms in total. The van der Waals surface area contributed by atoms with Crippen molar-refractivity contribution >= 4 is 11.9 Å². The topological polar surface area (TPSA) is 91.6 Å². The van der Waals surface area contributed by atoms with Gasteiger partial charge in [-0.2, -0.15) is 52.7 Å². The number of rotatable bonds is 7. The summed E-state index contributed by atoms with van der Waals surface area (Å²) in [6.45, 7) is -3.04. The predicted molar refractivity (Wildman–Crippen MR) is 142 cm³/mol. The Bertz CT molecular complexity index is 1620. The van der Waals surface area contributed by atoms with Gasteiger partial charge in [0.2, 0.25) is 5.91 Å². The Morgan fingerprint density at radius 1 is 0.979 bits per heavy atom. The molecular weight excluding hydrogens is 682 g/mol. The van der Waals surface area contributed by atoms with Crippen LogP contribution in [0.25, 0.3) is 0 Å². The van der Waals surface area contributed by atoms with Crippen LogP contribution in [0.15, 0.2) is 29.1 Å². The summed E-state index contributed by atoms with van der Waals surface area (Å²) in [5, 5.41) is 11.6. The van der Waals surface area contributed by atoms with Gasteiger partial charge < -0.3 is 15.0 Å². The van der Waals surface area contributed by atoms with Crippen LogP contribution in [0.2, 0.25) is 0 Å². The number of alkyl halides is 12. The number of piperidine rings is 1. The molecule has 1 aliphatic carbocycles. The van der Waals surface area contributed by atoms with E-state index in [1.54, 1.807) is 0 Å². The Kier molecular flexibility index (Phi) is 9.73. The number of benzene rings is 1. The Balaban J connectivity index is 1.66. The number of carbonyl (C=O) groups excluding carboxylic acids is 1. The van der Waals surface area contributed by atoms with Gasteiger partial charge in [-0.3, -0.25) is 14.5 Å². The molecule has 0 saturated carbocycles. The van der Waals surface area contributed by atoms with Crippen molar-refractivity contribution in [3.8, 4) is 0 Å². The van der Waals surface area contributed by atoms with E-state index < -0.39 is 115 Å². The van der Waals surface area contributed by atoms with Crippen LogP contribution < -0.4 is 10.9 Å². The number of hydrogen-bond donors (Lipinski definition) is 2. The summed E-state index contributed by atoms with van der Waals surface area (Å²) in [7, 11) is 0.662. The monoisotopic (exact) mass is 709 g/mol. The second-order valence-corrected chi connectivity index (χ2v) is 11.8. The average Bonchev–Trinajstić information content (AvgIpc) is 3.36. The number of aromatic nitrogens is 1. The van der Waals surface area contributed by atoms with Crippen molar-refractivity contribution in [3.63, 3.8) is 0 Å². The zero-order valence-electron chi connectivity index (χ0n) is 24.7. The Labute approximate surface area is 263 Å². The molecular formula is C29H27F12N3O4. The van der Waals surface area contributed by atoms with Crippen LogP contribution in [0.3, 0.4) is 0 Å². The van der Waals surface area contributed by atoms with Crippen molar-refractivity contribution in [2.45, 2.75) is 68.8 Å². The standard InChI is InChI=1S/C29H27F12N3O4/c1-43-20(28(36,37)38)12-18(27(33,34)35)21(22(43)45)17-6-5-15-14(3-2-4-16(15)17)11-19(23(46)47)42-24(48)25(29(39,40)41)7-9-44(10-8-25)13-26(30,31)32/h2-4,12,17,19H,5-11,13H2,1H3,(H,42,48)(H,46,47)/t17-,19+/m1/s1. The smallest absolute Gasteiger partial charge is 0.431 e. The molecule has 2 aliphatic rings. The molecule has 1 aliphatic heterocycles. The maximum absolute atomic E-state index is 14.2. The zero-order valence-corrected chi connectivity index (χ0v) is 24.7. The maximum Gasteiger partial charge on any atom is 0.431 e. The van der Waals surface area contributed by atoms with Gasteiger partial charge in [0.1, 0.15) is 17.2 Å². The minimum Gasteiger partial charge on any atom is -0.480 e. The van der Waals surface area contributed by atoms with Gasteiger partial charge in [-0.15, -0.1) is 0 Å². The fourth-order valence-electron chi connectivity index (χ4n) is 6.48. The van der Waals surface area contributed by atoms with Gasteiger partial charge >= 0.3 is 30.7 Å². The van der Waals surface area contributed by atoms with Gasteiger partial charge in [-0.1, -0.05) is 18.2 Å². The molecule has 266 valence electrons. The number of hydrogen-bond acceptors (Lipinski definition) is 4. The molecule has 4 rings (SSSR count). The molecule has 1 aromatic heterocycles. The summed E-state index contributed by atoms with van der Waals surface area (Å²) in [4.78, 5) is 38.9. The lowest BCUT2D eigenvalue weighted by molar-refractivity contribution is -0.236. The second kappa shape index (κ2) is 12.6. The third kappa shape index (κ3) is 7.29. The summed E-state index contributed by atoms with van der Waals surface area (Å²) < 4.78 is 163. The minimum atomic E-state index is -5.38. The van der Waals surface area contributed by atoms with Crippen molar-refractivity contribution in [1.82, 2.24) is 14.8 Å². The van der Waals surface area contributed by atoms with Crippen molar-refractivity contribution < 1.29 is 67.4 Å². The summed E-state index contributed by atoms with van der Waals surface area (Å²) in [6.07, 6.45) is -23.8. The molecule has 0 unspecified atom stereocenters. The molecule has 2 atom stereocenters. The van der Waals surface area contributed by atoms with Gasteiger partial charge in [0, 0.05) is 24.9 Å². The third-order valence-corrected chi connectivity index (χ3v) is 8.90. The van der Waals surface area contributed by atoms with E-state index in [4.69, 9.17) is 0 Å². The number of likely N-dealkylation sites (tertiary alicyclic amines) is 1. The first-order chi connectivity index (χ1) is 21.9. The molecule has 0 spiro atoms. The summed E-state index contributed by atoms with van der Waals surface area (Å²) in [6, 6.07) is 1.64. The lowest BCUT2D eigenvalue weighted by Gasteiger charge is -2.42. The van der Waals surface area contributed by atoms with E-state index in [1.807, 2.05) is 5.32 Å². The van der Waals surface area contributed by atoms with Crippen molar-refractivity contribution in [2.24, 2.45) is 12.5 Å². The van der Waals surface area contributed by atoms with Crippen molar-refractivity contribution in [2.75, 3.05) is 19.6 Å². The molecule has 1 amide bonds. The van der Waals surface area contributed by atoms with Crippen LogP contribution in [0.5, 0.6) is 0 Å². The molecule has 2 heterocycles. The zero-order chi connectivity index (χ0) is 36.2. The van der Waals surface area contributed by atoms with E-state index in [9.17, 15) is 72.2 Å². The highest BCUT2D eigenvalue weighted by Crippen LogP contribution is 2.48. The first-order valence-electron chi connectivity index (χ1n) is 14.3. The van der Waals surface area contributed by atoms with Crippen molar-refractivity contribution in [3.05, 3.63) is 68.1 Å². The highest BCUT2D eigenvalue weighted by molar-refractivity contribution is 5.88. The molecule has 1 saturated heterocycles. The Morgan fingerprint density at radius 2 is 1.58 bits per heavy atom. The number of carboxylic acid groups (broad SMARTS) is 1. The number of pyridine rings is 1. The van der Waals surface area contributed by atoms with Crippen LogP contribution in [-0.2, 0) is 41.8 Å². The highest BCUT2D eigenvalue weighted by atomic mass is 19.4. The third-order valence-electron chi connectivity index (χ3n) is 8.90. The van der Waals surface area contributed by atoms with Gasteiger partial charge in [0.05, 0.1) is 12.1 Å². The van der Waals surface area contributed by atoms with Crippen molar-refractivity contribution in [1.29, 1.82) is 0 Å². The van der Waals surface area contributed by atoms with E-state index in [2.05, 4.69) is 0 Å². The number of carbonyl (C=O) groups is 2.